The summed E-state index contributed by atoms with van der Waals surface area (Å²) in [6, 6.07) is 0. The molecule has 0 aromatic rings. The lowest BCUT2D eigenvalue weighted by molar-refractivity contribution is -0.230. The molecule has 3 nitrogen and oxygen atoms in total. The van der Waals surface area contributed by atoms with Gasteiger partial charge in [-0.3, -0.25) is 0 Å². The van der Waals surface area contributed by atoms with Crippen LogP contribution < -0.4 is 0 Å². The Hall–Kier alpha value is -0.220. The lowest BCUT2D eigenvalue weighted by Gasteiger charge is -1.82. The molecule has 0 aliphatic rings. The van der Waals surface area contributed by atoms with Gasteiger partial charge in [-0.15, -0.1) is 0 Å². The fourth-order valence-electron chi connectivity index (χ4n) is 0.0289. The van der Waals surface area contributed by atoms with Crippen LogP contribution in [0.15, 0.2) is 0 Å². The number of hydrogen-bond donors (Lipinski definition) is 2. The monoisotopic (exact) mass is 108 g/mol. The zero-order valence-electron chi connectivity index (χ0n) is 2.92. The van der Waals surface area contributed by atoms with Crippen molar-refractivity contribution in [3.05, 3.63) is 0 Å². The summed E-state index contributed by atoms with van der Waals surface area (Å²) < 4.78 is 0. The fraction of sp³-hybridized carbons (Fsp3) is 0.500. The van der Waals surface area contributed by atoms with Crippen LogP contribution in [0.5, 0.6) is 0 Å². The summed E-state index contributed by atoms with van der Waals surface area (Å²) in [6.07, 6.45) is 0. The van der Waals surface area contributed by atoms with E-state index in [0.717, 1.165) is 0 Å². The molecule has 0 unspecified atom stereocenters. The van der Waals surface area contributed by atoms with Gasteiger partial charge >= 0.3 is 5.97 Å². The highest BCUT2D eigenvalue weighted by Crippen LogP contribution is 1.74. The van der Waals surface area contributed by atoms with Gasteiger partial charge in [-0.1, -0.05) is 0 Å². The SMILES string of the molecule is O=C(CS)OO. The predicted molar refractivity (Wildman–Crippen MR) is 22.6 cm³/mol. The van der Waals surface area contributed by atoms with E-state index in [1.807, 2.05) is 0 Å². The van der Waals surface area contributed by atoms with Crippen LogP contribution in [0.25, 0.3) is 0 Å². The molecule has 0 aromatic heterocycles. The number of carbonyl (C=O) groups excluding carboxylic acids is 1. The van der Waals surface area contributed by atoms with E-state index in [1.54, 1.807) is 0 Å². The topological polar surface area (TPSA) is 46.5 Å². The van der Waals surface area contributed by atoms with Crippen molar-refractivity contribution >= 4 is 18.6 Å². The number of hydrogen-bond acceptors (Lipinski definition) is 4. The summed E-state index contributed by atoms with van der Waals surface area (Å²) in [5.41, 5.74) is 0. The predicted octanol–water partition coefficient (Wildman–Crippen LogP) is -0.0676. The molecular formula is C2H4O3S. The van der Waals surface area contributed by atoms with Crippen molar-refractivity contribution in [3.8, 4) is 0 Å². The van der Waals surface area contributed by atoms with E-state index < -0.39 is 5.97 Å². The quantitative estimate of drug-likeness (QED) is 0.281. The second-order valence-electron chi connectivity index (χ2n) is 0.621. The smallest absolute Gasteiger partial charge is 0.300 e. The molecule has 0 aliphatic carbocycles. The first kappa shape index (κ1) is 5.78. The van der Waals surface area contributed by atoms with Gasteiger partial charge in [0.1, 0.15) is 0 Å². The molecule has 0 bridgehead atoms. The third-order valence-electron chi connectivity index (χ3n) is 0.231. The highest BCUT2D eigenvalue weighted by Gasteiger charge is 1.91. The van der Waals surface area contributed by atoms with Gasteiger partial charge in [0.25, 0.3) is 0 Å². The summed E-state index contributed by atoms with van der Waals surface area (Å²) in [5.74, 6) is -0.824. The normalized spacial score (nSPS) is 7.67. The second-order valence-corrected chi connectivity index (χ2v) is 0.938. The first-order valence-corrected chi connectivity index (χ1v) is 1.89. The molecule has 0 atom stereocenters. The Morgan fingerprint density at radius 2 is 2.50 bits per heavy atom. The first-order chi connectivity index (χ1) is 2.81. The minimum Gasteiger partial charge on any atom is -0.300 e. The van der Waals surface area contributed by atoms with Crippen LogP contribution in [0.4, 0.5) is 0 Å². The minimum absolute atomic E-state index is 0.0868. The summed E-state index contributed by atoms with van der Waals surface area (Å²) in [7, 11) is 0. The van der Waals surface area contributed by atoms with Crippen molar-refractivity contribution < 1.29 is 14.9 Å². The van der Waals surface area contributed by atoms with Gasteiger partial charge in [0, 0.05) is 0 Å². The Bertz CT molecular complexity index is 46.8. The Kier molecular flexibility index (Phi) is 2.88. The molecule has 1 N–H and O–H groups in total. The molecule has 0 rings (SSSR count). The molecule has 4 heteroatoms. The molecule has 0 aliphatic heterocycles. The molecule has 0 fully saturated rings. The van der Waals surface area contributed by atoms with Crippen molar-refractivity contribution in [3.63, 3.8) is 0 Å². The largest absolute Gasteiger partial charge is 0.351 e. The Labute approximate surface area is 40.3 Å². The van der Waals surface area contributed by atoms with Crippen molar-refractivity contribution in [1.29, 1.82) is 0 Å². The summed E-state index contributed by atoms with van der Waals surface area (Å²) >= 11 is 3.46. The summed E-state index contributed by atoms with van der Waals surface area (Å²) in [4.78, 5) is 12.8. The van der Waals surface area contributed by atoms with Gasteiger partial charge in [-0.25, -0.2) is 4.79 Å². The highest BCUT2D eigenvalue weighted by molar-refractivity contribution is 7.81. The molecule has 36 valence electrons. The minimum atomic E-state index is -0.738. The Morgan fingerprint density at radius 1 is 2.00 bits per heavy atom. The van der Waals surface area contributed by atoms with Gasteiger partial charge in [0.05, 0.1) is 5.75 Å². The maximum absolute atomic E-state index is 9.63. The molecule has 0 radical (unpaired) electrons. The second kappa shape index (κ2) is 2.99. The number of thiol groups is 1. The molecule has 0 amide bonds. The van der Waals surface area contributed by atoms with Gasteiger partial charge in [0.15, 0.2) is 0 Å². The molecule has 0 heterocycles. The van der Waals surface area contributed by atoms with E-state index in [4.69, 9.17) is 5.26 Å². The highest BCUT2D eigenvalue weighted by atomic mass is 32.1. The average Bonchev–Trinajstić information content (AvgIpc) is 1.65. The van der Waals surface area contributed by atoms with E-state index in [-0.39, 0.29) is 5.75 Å². The lowest BCUT2D eigenvalue weighted by Crippen LogP contribution is -2.00. The third kappa shape index (κ3) is 2.04. The lowest BCUT2D eigenvalue weighted by atomic mass is 10.8. The molecule has 0 aromatic carbocycles. The molecule has 0 spiro atoms. The number of carbonyl (C=O) groups is 1. The van der Waals surface area contributed by atoms with Crippen LogP contribution in [0.3, 0.4) is 0 Å². The van der Waals surface area contributed by atoms with E-state index in [9.17, 15) is 4.79 Å². The van der Waals surface area contributed by atoms with Crippen LogP contribution >= 0.6 is 12.6 Å². The van der Waals surface area contributed by atoms with Crippen LogP contribution in [0.1, 0.15) is 0 Å². The average molecular weight is 108 g/mol. The Morgan fingerprint density at radius 3 is 2.50 bits per heavy atom. The molecule has 0 saturated heterocycles. The van der Waals surface area contributed by atoms with Gasteiger partial charge in [-0.05, 0) is 0 Å². The molecule has 0 saturated carbocycles. The van der Waals surface area contributed by atoms with E-state index in [0.29, 0.717) is 0 Å². The first-order valence-electron chi connectivity index (χ1n) is 1.26. The van der Waals surface area contributed by atoms with Gasteiger partial charge in [0.2, 0.25) is 0 Å². The van der Waals surface area contributed by atoms with Crippen molar-refractivity contribution in [2.24, 2.45) is 0 Å². The zero-order valence-corrected chi connectivity index (χ0v) is 3.81. The van der Waals surface area contributed by atoms with Crippen molar-refractivity contribution in [2.45, 2.75) is 0 Å². The van der Waals surface area contributed by atoms with Crippen LogP contribution in [-0.2, 0) is 9.68 Å². The standard InChI is InChI=1S/C2H4O3S/c3-2(1-6)5-4/h4,6H,1H2. The van der Waals surface area contributed by atoms with Gasteiger partial charge in [-0.2, -0.15) is 17.9 Å². The Balaban J connectivity index is 2.99. The molecular weight excluding hydrogens is 104 g/mol. The van der Waals surface area contributed by atoms with Crippen molar-refractivity contribution in [2.75, 3.05) is 5.75 Å². The summed E-state index contributed by atoms with van der Waals surface area (Å²) in [5, 5.41) is 7.44. The zero-order chi connectivity index (χ0) is 4.99. The molecule has 6 heavy (non-hydrogen) atoms. The van der Waals surface area contributed by atoms with E-state index in [1.165, 1.54) is 0 Å². The maximum atomic E-state index is 9.63. The van der Waals surface area contributed by atoms with Gasteiger partial charge < -0.3 is 4.89 Å². The maximum Gasteiger partial charge on any atom is 0.351 e. The van der Waals surface area contributed by atoms with Crippen LogP contribution in [0, 0.1) is 0 Å². The summed E-state index contributed by atoms with van der Waals surface area (Å²) in [6.45, 7) is 0. The van der Waals surface area contributed by atoms with Crippen molar-refractivity contribution in [1.82, 2.24) is 0 Å². The number of rotatable bonds is 1. The third-order valence-corrected chi connectivity index (χ3v) is 0.489. The van der Waals surface area contributed by atoms with Crippen LogP contribution in [0.2, 0.25) is 0 Å². The van der Waals surface area contributed by atoms with E-state index >= 15 is 0 Å². The van der Waals surface area contributed by atoms with Crippen LogP contribution in [-0.4, -0.2) is 17.0 Å². The van der Waals surface area contributed by atoms with E-state index in [2.05, 4.69) is 17.5 Å². The fourth-order valence-corrected chi connectivity index (χ4v) is 0.0866.